The number of rotatable bonds is 4. The van der Waals surface area contributed by atoms with Crippen LogP contribution in [0.4, 0.5) is 18.9 Å². The third-order valence-corrected chi connectivity index (χ3v) is 2.30. The largest absolute Gasteiger partial charge is 0.490 e. The minimum atomic E-state index is -4.15. The van der Waals surface area contributed by atoms with E-state index in [2.05, 4.69) is 20.9 Å². The molecule has 1 aromatic rings. The van der Waals surface area contributed by atoms with Gasteiger partial charge in [0.15, 0.2) is 5.75 Å². The summed E-state index contributed by atoms with van der Waals surface area (Å²) < 4.78 is 41.2. The standard InChI is InChI=1S/C9H10BrF3N2O/c10-6-4-15-5-7(14)8(6)16-3-1-2-9(11,12)13/h4-5H,1-3,14H2. The van der Waals surface area contributed by atoms with E-state index in [9.17, 15) is 13.2 Å². The molecular weight excluding hydrogens is 289 g/mol. The van der Waals surface area contributed by atoms with E-state index in [1.807, 2.05) is 0 Å². The molecule has 0 spiro atoms. The van der Waals surface area contributed by atoms with Gasteiger partial charge in [-0.15, -0.1) is 0 Å². The second-order valence-electron chi connectivity index (χ2n) is 3.11. The number of aromatic nitrogens is 1. The van der Waals surface area contributed by atoms with Crippen molar-refractivity contribution in [3.8, 4) is 5.75 Å². The smallest absolute Gasteiger partial charge is 0.389 e. The summed E-state index contributed by atoms with van der Waals surface area (Å²) in [6, 6.07) is 0. The number of nitrogens with zero attached hydrogens (tertiary/aromatic N) is 1. The molecule has 0 atom stereocenters. The van der Waals surface area contributed by atoms with Crippen molar-refractivity contribution in [3.63, 3.8) is 0 Å². The van der Waals surface area contributed by atoms with Crippen LogP contribution in [0.1, 0.15) is 12.8 Å². The molecule has 0 amide bonds. The van der Waals surface area contributed by atoms with Gasteiger partial charge >= 0.3 is 6.18 Å². The summed E-state index contributed by atoms with van der Waals surface area (Å²) in [5.74, 6) is 0.331. The Kier molecular flexibility index (Phi) is 4.40. The van der Waals surface area contributed by atoms with Crippen LogP contribution in [0.5, 0.6) is 5.75 Å². The molecule has 0 aliphatic heterocycles. The number of nitrogens with two attached hydrogens (primary N) is 1. The SMILES string of the molecule is Nc1cncc(Br)c1OCCCC(F)(F)F. The number of anilines is 1. The minimum Gasteiger partial charge on any atom is -0.490 e. The summed E-state index contributed by atoms with van der Waals surface area (Å²) >= 11 is 3.15. The molecule has 3 nitrogen and oxygen atoms in total. The van der Waals surface area contributed by atoms with Crippen molar-refractivity contribution in [1.82, 2.24) is 4.98 Å². The molecule has 90 valence electrons. The van der Waals surface area contributed by atoms with E-state index in [0.29, 0.717) is 15.9 Å². The normalized spacial score (nSPS) is 11.5. The monoisotopic (exact) mass is 298 g/mol. The van der Waals surface area contributed by atoms with E-state index in [0.717, 1.165) is 0 Å². The van der Waals surface area contributed by atoms with Gasteiger partial charge in [0.1, 0.15) is 0 Å². The number of hydrogen-bond acceptors (Lipinski definition) is 3. The van der Waals surface area contributed by atoms with Crippen molar-refractivity contribution in [1.29, 1.82) is 0 Å². The van der Waals surface area contributed by atoms with Crippen LogP contribution in [0.15, 0.2) is 16.9 Å². The lowest BCUT2D eigenvalue weighted by atomic mass is 10.3. The molecular formula is C9H10BrF3N2O. The van der Waals surface area contributed by atoms with E-state index < -0.39 is 12.6 Å². The zero-order chi connectivity index (χ0) is 12.2. The summed E-state index contributed by atoms with van der Waals surface area (Å²) in [6.45, 7) is -0.0354. The van der Waals surface area contributed by atoms with Crippen molar-refractivity contribution in [2.75, 3.05) is 12.3 Å². The highest BCUT2D eigenvalue weighted by Gasteiger charge is 2.26. The maximum Gasteiger partial charge on any atom is 0.389 e. The number of halogens is 4. The molecule has 0 aliphatic rings. The Balaban J connectivity index is 2.43. The molecule has 2 N–H and O–H groups in total. The molecule has 0 bridgehead atoms. The Morgan fingerprint density at radius 3 is 2.62 bits per heavy atom. The molecule has 0 saturated carbocycles. The van der Waals surface area contributed by atoms with Gasteiger partial charge in [-0.05, 0) is 22.4 Å². The summed E-state index contributed by atoms with van der Waals surface area (Å²) in [7, 11) is 0. The summed E-state index contributed by atoms with van der Waals surface area (Å²) in [5.41, 5.74) is 5.84. The van der Waals surface area contributed by atoms with Crippen LogP contribution in [-0.2, 0) is 0 Å². The number of pyridine rings is 1. The van der Waals surface area contributed by atoms with Crippen LogP contribution in [0.3, 0.4) is 0 Å². The Bertz CT molecular complexity index is 337. The molecule has 1 heterocycles. The van der Waals surface area contributed by atoms with E-state index in [1.54, 1.807) is 0 Å². The van der Waals surface area contributed by atoms with Gasteiger partial charge in [-0.2, -0.15) is 13.2 Å². The van der Waals surface area contributed by atoms with Crippen molar-refractivity contribution in [2.24, 2.45) is 0 Å². The minimum absolute atomic E-state index is 0.0354. The quantitative estimate of drug-likeness (QED) is 0.869. The fourth-order valence-electron chi connectivity index (χ4n) is 1.04. The highest BCUT2D eigenvalue weighted by molar-refractivity contribution is 9.10. The Morgan fingerprint density at radius 1 is 1.38 bits per heavy atom. The molecule has 0 radical (unpaired) electrons. The van der Waals surface area contributed by atoms with Gasteiger partial charge in [-0.1, -0.05) is 0 Å². The fraction of sp³-hybridized carbons (Fsp3) is 0.444. The third-order valence-electron chi connectivity index (χ3n) is 1.73. The maximum absolute atomic E-state index is 11.8. The molecule has 1 aromatic heterocycles. The van der Waals surface area contributed by atoms with Crippen LogP contribution in [0, 0.1) is 0 Å². The highest BCUT2D eigenvalue weighted by Crippen LogP contribution is 2.30. The zero-order valence-corrected chi connectivity index (χ0v) is 9.81. The first-order valence-electron chi connectivity index (χ1n) is 4.48. The van der Waals surface area contributed by atoms with Crippen molar-refractivity contribution < 1.29 is 17.9 Å². The Labute approximate surface area is 98.9 Å². The number of hydrogen-bond donors (Lipinski definition) is 1. The van der Waals surface area contributed by atoms with Crippen LogP contribution >= 0.6 is 15.9 Å². The average Bonchev–Trinajstić information content (AvgIpc) is 2.14. The fourth-order valence-corrected chi connectivity index (χ4v) is 1.50. The first-order valence-corrected chi connectivity index (χ1v) is 5.28. The Morgan fingerprint density at radius 2 is 2.06 bits per heavy atom. The van der Waals surface area contributed by atoms with E-state index in [4.69, 9.17) is 10.5 Å². The van der Waals surface area contributed by atoms with Gasteiger partial charge in [-0.3, -0.25) is 4.98 Å². The van der Waals surface area contributed by atoms with Crippen molar-refractivity contribution >= 4 is 21.6 Å². The predicted molar refractivity (Wildman–Crippen MR) is 57.1 cm³/mol. The molecule has 0 saturated heterocycles. The van der Waals surface area contributed by atoms with Crippen LogP contribution in [0.2, 0.25) is 0 Å². The van der Waals surface area contributed by atoms with Gasteiger partial charge in [0, 0.05) is 12.6 Å². The zero-order valence-electron chi connectivity index (χ0n) is 8.22. The topological polar surface area (TPSA) is 48.1 Å². The van der Waals surface area contributed by atoms with Gasteiger partial charge in [0.05, 0.1) is 23.0 Å². The van der Waals surface area contributed by atoms with Crippen molar-refractivity contribution in [3.05, 3.63) is 16.9 Å². The Hall–Kier alpha value is -0.980. The van der Waals surface area contributed by atoms with Gasteiger partial charge in [-0.25, -0.2) is 0 Å². The lowest BCUT2D eigenvalue weighted by molar-refractivity contribution is -0.136. The van der Waals surface area contributed by atoms with E-state index in [-0.39, 0.29) is 13.0 Å². The second-order valence-corrected chi connectivity index (χ2v) is 3.96. The molecule has 16 heavy (non-hydrogen) atoms. The predicted octanol–water partition coefficient (Wildman–Crippen LogP) is 3.15. The van der Waals surface area contributed by atoms with E-state index >= 15 is 0 Å². The first kappa shape index (κ1) is 13.1. The average molecular weight is 299 g/mol. The number of nitrogen functional groups attached to an aromatic ring is 1. The summed E-state index contributed by atoms with van der Waals surface area (Å²) in [5, 5.41) is 0. The summed E-state index contributed by atoms with van der Waals surface area (Å²) in [6.07, 6.45) is -2.27. The molecule has 0 fully saturated rings. The maximum atomic E-state index is 11.8. The molecule has 0 aromatic carbocycles. The van der Waals surface area contributed by atoms with Gasteiger partial charge in [0.2, 0.25) is 0 Å². The van der Waals surface area contributed by atoms with Crippen molar-refractivity contribution in [2.45, 2.75) is 19.0 Å². The molecule has 7 heteroatoms. The van der Waals surface area contributed by atoms with E-state index in [1.165, 1.54) is 12.4 Å². The second kappa shape index (κ2) is 5.38. The first-order chi connectivity index (χ1) is 7.40. The lowest BCUT2D eigenvalue weighted by Crippen LogP contribution is -2.10. The molecule has 0 unspecified atom stereocenters. The number of ether oxygens (including phenoxy) is 1. The third kappa shape index (κ3) is 4.26. The lowest BCUT2D eigenvalue weighted by Gasteiger charge is -2.10. The van der Waals surface area contributed by atoms with Crippen LogP contribution in [0.25, 0.3) is 0 Å². The molecule has 0 aliphatic carbocycles. The number of alkyl halides is 3. The van der Waals surface area contributed by atoms with Crippen LogP contribution in [-0.4, -0.2) is 17.8 Å². The van der Waals surface area contributed by atoms with Gasteiger partial charge < -0.3 is 10.5 Å². The summed E-state index contributed by atoms with van der Waals surface area (Å²) in [4.78, 5) is 3.78. The molecule has 1 rings (SSSR count). The van der Waals surface area contributed by atoms with Crippen LogP contribution < -0.4 is 10.5 Å². The highest BCUT2D eigenvalue weighted by atomic mass is 79.9. The van der Waals surface area contributed by atoms with Gasteiger partial charge in [0.25, 0.3) is 0 Å².